The van der Waals surface area contributed by atoms with Crippen LogP contribution < -0.4 is 4.74 Å². The summed E-state index contributed by atoms with van der Waals surface area (Å²) >= 11 is 0. The molecule has 0 fully saturated rings. The number of fused-ring (bicyclic) bond motifs is 1. The fourth-order valence-corrected chi connectivity index (χ4v) is 1.95. The van der Waals surface area contributed by atoms with Crippen LogP contribution in [0.1, 0.15) is 11.1 Å². The fraction of sp³-hybridized carbons (Fsp3) is 0.231. The van der Waals surface area contributed by atoms with E-state index in [9.17, 15) is 9.59 Å². The van der Waals surface area contributed by atoms with Crippen molar-refractivity contribution in [2.75, 3.05) is 14.2 Å². The van der Waals surface area contributed by atoms with Crippen LogP contribution in [0, 0.1) is 0 Å². The molecule has 0 amide bonds. The molecule has 0 atom stereocenters. The Hall–Kier alpha value is -2.10. The molecule has 0 unspecified atom stereocenters. The molecule has 0 radical (unpaired) electrons. The highest BCUT2D eigenvalue weighted by molar-refractivity contribution is 6.52. The van der Waals surface area contributed by atoms with E-state index in [2.05, 4.69) is 4.74 Å². The number of Topliss-reactive ketones (excluding diaryl/α,β-unsaturated/α-hetero) is 1. The minimum Gasteiger partial charge on any atom is -0.496 e. The molecule has 0 saturated heterocycles. The minimum absolute atomic E-state index is 0.365. The number of esters is 1. The Labute approximate surface area is 98.8 Å². The molecule has 0 spiro atoms. The molecule has 1 aromatic carbocycles. The van der Waals surface area contributed by atoms with Gasteiger partial charge in [0.25, 0.3) is 5.78 Å². The third-order valence-corrected chi connectivity index (χ3v) is 2.74. The van der Waals surface area contributed by atoms with Crippen LogP contribution in [0.3, 0.4) is 0 Å². The SMILES string of the molecule is COC(=O)C(=O)C1=CCc2cccc(OC)c21. The third-order valence-electron chi connectivity index (χ3n) is 2.74. The van der Waals surface area contributed by atoms with Crippen LogP contribution in [0.5, 0.6) is 5.75 Å². The van der Waals surface area contributed by atoms with Gasteiger partial charge in [-0.2, -0.15) is 0 Å². The van der Waals surface area contributed by atoms with Crippen molar-refractivity contribution in [3.05, 3.63) is 35.4 Å². The van der Waals surface area contributed by atoms with E-state index in [1.54, 1.807) is 12.1 Å². The van der Waals surface area contributed by atoms with Crippen LogP contribution in [0.15, 0.2) is 24.3 Å². The Kier molecular flexibility index (Phi) is 2.95. The number of methoxy groups -OCH3 is 2. The van der Waals surface area contributed by atoms with E-state index >= 15 is 0 Å². The van der Waals surface area contributed by atoms with E-state index in [1.807, 2.05) is 12.1 Å². The van der Waals surface area contributed by atoms with Gasteiger partial charge in [0.2, 0.25) is 0 Å². The molecule has 17 heavy (non-hydrogen) atoms. The molecule has 4 nitrogen and oxygen atoms in total. The number of carbonyl (C=O) groups excluding carboxylic acids is 2. The minimum atomic E-state index is -0.852. The van der Waals surface area contributed by atoms with Crippen LogP contribution in [-0.4, -0.2) is 26.0 Å². The molecule has 88 valence electrons. The third kappa shape index (κ3) is 1.82. The summed E-state index contributed by atoms with van der Waals surface area (Å²) in [6.07, 6.45) is 2.36. The molecule has 2 rings (SSSR count). The van der Waals surface area contributed by atoms with Crippen molar-refractivity contribution in [3.63, 3.8) is 0 Å². The maximum atomic E-state index is 11.8. The van der Waals surface area contributed by atoms with Crippen LogP contribution in [0.2, 0.25) is 0 Å². The zero-order valence-electron chi connectivity index (χ0n) is 9.65. The molecule has 0 aliphatic heterocycles. The van der Waals surface area contributed by atoms with Crippen molar-refractivity contribution in [2.24, 2.45) is 0 Å². The van der Waals surface area contributed by atoms with Gasteiger partial charge in [-0.15, -0.1) is 0 Å². The summed E-state index contributed by atoms with van der Waals surface area (Å²) in [5.41, 5.74) is 2.05. The topological polar surface area (TPSA) is 52.6 Å². The lowest BCUT2D eigenvalue weighted by Crippen LogP contribution is -2.16. The maximum absolute atomic E-state index is 11.8. The number of ketones is 1. The first-order valence-electron chi connectivity index (χ1n) is 5.18. The second-order valence-electron chi connectivity index (χ2n) is 3.64. The molecule has 0 aromatic heterocycles. The number of rotatable bonds is 3. The van der Waals surface area contributed by atoms with E-state index < -0.39 is 11.8 Å². The van der Waals surface area contributed by atoms with Gasteiger partial charge in [-0.25, -0.2) is 4.79 Å². The van der Waals surface area contributed by atoms with Gasteiger partial charge in [-0.05, 0) is 18.1 Å². The Morgan fingerprint density at radius 2 is 2.00 bits per heavy atom. The van der Waals surface area contributed by atoms with Crippen molar-refractivity contribution in [1.82, 2.24) is 0 Å². The van der Waals surface area contributed by atoms with Crippen molar-refractivity contribution < 1.29 is 19.1 Å². The smallest absolute Gasteiger partial charge is 0.379 e. The zero-order chi connectivity index (χ0) is 12.4. The lowest BCUT2D eigenvalue weighted by molar-refractivity contribution is -0.148. The van der Waals surface area contributed by atoms with E-state index in [-0.39, 0.29) is 0 Å². The summed E-state index contributed by atoms with van der Waals surface area (Å²) in [6, 6.07) is 5.53. The second-order valence-corrected chi connectivity index (χ2v) is 3.64. The van der Waals surface area contributed by atoms with E-state index in [0.717, 1.165) is 5.56 Å². The molecule has 0 saturated carbocycles. The summed E-state index contributed by atoms with van der Waals surface area (Å²) in [5.74, 6) is -0.880. The number of allylic oxidation sites excluding steroid dienone is 1. The van der Waals surface area contributed by atoms with Gasteiger partial charge in [-0.1, -0.05) is 18.2 Å². The highest BCUT2D eigenvalue weighted by Gasteiger charge is 2.28. The molecular weight excluding hydrogens is 220 g/mol. The predicted molar refractivity (Wildman–Crippen MR) is 61.7 cm³/mol. The maximum Gasteiger partial charge on any atom is 0.379 e. The normalized spacial score (nSPS) is 12.7. The summed E-state index contributed by atoms with van der Waals surface area (Å²) in [6.45, 7) is 0. The van der Waals surface area contributed by atoms with Gasteiger partial charge in [-0.3, -0.25) is 4.79 Å². The van der Waals surface area contributed by atoms with Gasteiger partial charge in [0.1, 0.15) is 5.75 Å². The Bertz CT molecular complexity index is 514. The molecule has 0 bridgehead atoms. The second kappa shape index (κ2) is 4.41. The number of carbonyl (C=O) groups is 2. The first-order valence-corrected chi connectivity index (χ1v) is 5.18. The number of hydrogen-bond donors (Lipinski definition) is 0. The largest absolute Gasteiger partial charge is 0.496 e. The fourth-order valence-electron chi connectivity index (χ4n) is 1.95. The van der Waals surface area contributed by atoms with Crippen molar-refractivity contribution >= 4 is 17.3 Å². The highest BCUT2D eigenvalue weighted by Crippen LogP contribution is 2.35. The number of hydrogen-bond acceptors (Lipinski definition) is 4. The Morgan fingerprint density at radius 3 is 2.65 bits per heavy atom. The van der Waals surface area contributed by atoms with Crippen LogP contribution >= 0.6 is 0 Å². The number of ether oxygens (including phenoxy) is 2. The summed E-state index contributed by atoms with van der Waals surface area (Å²) in [4.78, 5) is 23.1. The number of benzene rings is 1. The predicted octanol–water partition coefficient (Wildman–Crippen LogP) is 1.38. The van der Waals surface area contributed by atoms with Gasteiger partial charge < -0.3 is 9.47 Å². The summed E-state index contributed by atoms with van der Waals surface area (Å²) < 4.78 is 9.65. The monoisotopic (exact) mass is 232 g/mol. The summed E-state index contributed by atoms with van der Waals surface area (Å²) in [7, 11) is 2.73. The van der Waals surface area contributed by atoms with Crippen molar-refractivity contribution in [3.8, 4) is 5.75 Å². The van der Waals surface area contributed by atoms with Crippen molar-refractivity contribution in [2.45, 2.75) is 6.42 Å². The van der Waals surface area contributed by atoms with Crippen LogP contribution in [0.4, 0.5) is 0 Å². The average Bonchev–Trinajstić information content (AvgIpc) is 2.80. The zero-order valence-corrected chi connectivity index (χ0v) is 9.65. The molecule has 1 aliphatic carbocycles. The lowest BCUT2D eigenvalue weighted by atomic mass is 10.0. The molecule has 4 heteroatoms. The van der Waals surface area contributed by atoms with Gasteiger partial charge in [0.15, 0.2) is 0 Å². The van der Waals surface area contributed by atoms with Crippen molar-refractivity contribution in [1.29, 1.82) is 0 Å². The molecule has 0 heterocycles. The Morgan fingerprint density at radius 1 is 1.24 bits per heavy atom. The molecule has 1 aliphatic rings. The van der Waals surface area contributed by atoms with E-state index in [4.69, 9.17) is 4.74 Å². The Balaban J connectivity index is 2.45. The van der Waals surface area contributed by atoms with E-state index in [0.29, 0.717) is 23.3 Å². The van der Waals surface area contributed by atoms with Crippen LogP contribution in [0.25, 0.3) is 5.57 Å². The molecule has 0 N–H and O–H groups in total. The highest BCUT2D eigenvalue weighted by atomic mass is 16.5. The first kappa shape index (κ1) is 11.4. The molecular formula is C13H12O4. The standard InChI is InChI=1S/C13H12O4/c1-16-10-5-3-4-8-6-7-9(11(8)10)12(14)13(15)17-2/h3-5,7H,6H2,1-2H3. The van der Waals surface area contributed by atoms with Gasteiger partial charge in [0, 0.05) is 11.1 Å². The lowest BCUT2D eigenvalue weighted by Gasteiger charge is -2.09. The van der Waals surface area contributed by atoms with Gasteiger partial charge in [0.05, 0.1) is 14.2 Å². The first-order chi connectivity index (χ1) is 8.19. The average molecular weight is 232 g/mol. The molecule has 1 aromatic rings. The summed E-state index contributed by atoms with van der Waals surface area (Å²) in [5, 5.41) is 0. The van der Waals surface area contributed by atoms with Crippen LogP contribution in [-0.2, 0) is 20.7 Å². The van der Waals surface area contributed by atoms with E-state index in [1.165, 1.54) is 14.2 Å². The van der Waals surface area contributed by atoms with Gasteiger partial charge >= 0.3 is 5.97 Å². The quantitative estimate of drug-likeness (QED) is 0.583.